The van der Waals surface area contributed by atoms with Crippen LogP contribution in [0.5, 0.6) is 0 Å². The molecule has 6 atom stereocenters. The van der Waals surface area contributed by atoms with Crippen LogP contribution >= 0.6 is 0 Å². The maximum Gasteiger partial charge on any atom is 0.245 e. The molecule has 2 fully saturated rings. The van der Waals surface area contributed by atoms with E-state index in [-0.39, 0.29) is 29.7 Å². The smallest absolute Gasteiger partial charge is 0.245 e. The van der Waals surface area contributed by atoms with Gasteiger partial charge in [-0.15, -0.1) is 0 Å². The van der Waals surface area contributed by atoms with Gasteiger partial charge in [-0.3, -0.25) is 9.59 Å². The Hall–Kier alpha value is -1.88. The zero-order chi connectivity index (χ0) is 22.0. The number of nitrogens with two attached hydrogens (primary N) is 1. The molecule has 166 valence electrons. The molecule has 0 spiro atoms. The number of nitrogens with one attached hydrogen (secondary N) is 1. The van der Waals surface area contributed by atoms with Crippen LogP contribution in [-0.4, -0.2) is 41.4 Å². The van der Waals surface area contributed by atoms with E-state index in [1.165, 1.54) is 24.8 Å². The molecule has 3 rings (SSSR count). The number of hydrogen-bond donors (Lipinski definition) is 2. The fourth-order valence-electron chi connectivity index (χ4n) is 5.61. The lowest BCUT2D eigenvalue weighted by atomic mass is 9.78. The Labute approximate surface area is 181 Å². The first-order valence-electron chi connectivity index (χ1n) is 11.7. The third-order valence-corrected chi connectivity index (χ3v) is 7.29. The van der Waals surface area contributed by atoms with Gasteiger partial charge in [0.15, 0.2) is 0 Å². The molecule has 2 aliphatic carbocycles. The molecule has 0 radical (unpaired) electrons. The van der Waals surface area contributed by atoms with Crippen molar-refractivity contribution in [2.45, 2.75) is 77.9 Å². The van der Waals surface area contributed by atoms with Crippen LogP contribution in [0.3, 0.4) is 0 Å². The van der Waals surface area contributed by atoms with Crippen molar-refractivity contribution < 1.29 is 9.59 Å². The Balaban J connectivity index is 1.85. The third kappa shape index (κ3) is 4.41. The lowest BCUT2D eigenvalue weighted by Gasteiger charge is -2.42. The van der Waals surface area contributed by atoms with E-state index in [1.807, 2.05) is 27.7 Å². The summed E-state index contributed by atoms with van der Waals surface area (Å²) >= 11 is 0. The summed E-state index contributed by atoms with van der Waals surface area (Å²) in [7, 11) is 0. The normalized spacial score (nSPS) is 27.3. The molecule has 0 heterocycles. The second kappa shape index (κ2) is 9.51. The Morgan fingerprint density at radius 2 is 1.70 bits per heavy atom. The monoisotopic (exact) mass is 413 g/mol. The van der Waals surface area contributed by atoms with Gasteiger partial charge >= 0.3 is 0 Å². The quantitative estimate of drug-likeness (QED) is 0.684. The van der Waals surface area contributed by atoms with E-state index >= 15 is 0 Å². The van der Waals surface area contributed by atoms with Gasteiger partial charge in [-0.2, -0.15) is 0 Å². The van der Waals surface area contributed by atoms with Crippen molar-refractivity contribution in [1.82, 2.24) is 10.2 Å². The summed E-state index contributed by atoms with van der Waals surface area (Å²) in [6.07, 6.45) is 3.64. The Bertz CT molecular complexity index is 733. The number of carbonyl (C=O) groups is 2. The first-order valence-corrected chi connectivity index (χ1v) is 11.7. The lowest BCUT2D eigenvalue weighted by molar-refractivity contribution is -0.141. The molecule has 2 amide bonds. The maximum absolute atomic E-state index is 13.8. The summed E-state index contributed by atoms with van der Waals surface area (Å²) in [6, 6.07) is 9.73. The molecular weight excluding hydrogens is 374 g/mol. The fraction of sp³-hybridized carbons (Fsp3) is 0.680. The van der Waals surface area contributed by atoms with E-state index in [9.17, 15) is 9.59 Å². The molecule has 0 aliphatic heterocycles. The number of amides is 2. The van der Waals surface area contributed by atoms with Gasteiger partial charge in [0.1, 0.15) is 6.04 Å². The van der Waals surface area contributed by atoms with E-state index in [1.54, 1.807) is 0 Å². The molecule has 2 aliphatic rings. The zero-order valence-corrected chi connectivity index (χ0v) is 19.2. The van der Waals surface area contributed by atoms with E-state index in [0.29, 0.717) is 24.3 Å². The standard InChI is InChI=1S/C25H39N3O2/c1-6-28(25(30)22(16(4)5)27-24(29)21(26)15(2)3)23-19-13-12-18(14-19)20(23)17-10-8-7-9-11-17/h7-11,15-16,18-23H,6,12-14,26H2,1-5H3,(H,27,29)/t18?,19?,20?,21?,22-,23?/m1/s1. The minimum atomic E-state index is -0.603. The fourth-order valence-corrected chi connectivity index (χ4v) is 5.61. The largest absolute Gasteiger partial charge is 0.343 e. The number of benzene rings is 1. The second-order valence-electron chi connectivity index (χ2n) is 9.88. The number of nitrogens with zero attached hydrogens (tertiary/aromatic N) is 1. The molecule has 5 nitrogen and oxygen atoms in total. The molecular formula is C25H39N3O2. The van der Waals surface area contributed by atoms with E-state index in [0.717, 1.165) is 0 Å². The van der Waals surface area contributed by atoms with Crippen LogP contribution in [0.25, 0.3) is 0 Å². The summed E-state index contributed by atoms with van der Waals surface area (Å²) in [5.74, 6) is 1.41. The van der Waals surface area contributed by atoms with E-state index in [2.05, 4.69) is 47.5 Å². The van der Waals surface area contributed by atoms with Crippen molar-refractivity contribution in [2.75, 3.05) is 6.54 Å². The Morgan fingerprint density at radius 1 is 1.07 bits per heavy atom. The summed E-state index contributed by atoms with van der Waals surface area (Å²) in [4.78, 5) is 28.5. The summed E-state index contributed by atoms with van der Waals surface area (Å²) in [6.45, 7) is 10.6. The first-order chi connectivity index (χ1) is 14.3. The van der Waals surface area contributed by atoms with Crippen LogP contribution in [0.2, 0.25) is 0 Å². The molecule has 5 heteroatoms. The van der Waals surface area contributed by atoms with Crippen molar-refractivity contribution in [1.29, 1.82) is 0 Å². The third-order valence-electron chi connectivity index (χ3n) is 7.29. The van der Waals surface area contributed by atoms with Crippen molar-refractivity contribution in [3.05, 3.63) is 35.9 Å². The number of likely N-dealkylation sites (N-methyl/N-ethyl adjacent to an activating group) is 1. The van der Waals surface area contributed by atoms with Crippen molar-refractivity contribution >= 4 is 11.8 Å². The number of carbonyl (C=O) groups excluding carboxylic acids is 2. The average Bonchev–Trinajstić information content (AvgIpc) is 3.34. The highest BCUT2D eigenvalue weighted by Crippen LogP contribution is 2.55. The first kappa shape index (κ1) is 22.8. The van der Waals surface area contributed by atoms with Gasteiger partial charge in [-0.25, -0.2) is 0 Å². The number of fused-ring (bicyclic) bond motifs is 2. The van der Waals surface area contributed by atoms with Crippen molar-refractivity contribution in [3.8, 4) is 0 Å². The van der Waals surface area contributed by atoms with Gasteiger partial charge < -0.3 is 16.0 Å². The average molecular weight is 414 g/mol. The minimum absolute atomic E-state index is 0.00336. The number of hydrogen-bond acceptors (Lipinski definition) is 3. The van der Waals surface area contributed by atoms with E-state index < -0.39 is 12.1 Å². The van der Waals surface area contributed by atoms with E-state index in [4.69, 9.17) is 5.73 Å². The van der Waals surface area contributed by atoms with Crippen LogP contribution in [0.15, 0.2) is 30.3 Å². The highest BCUT2D eigenvalue weighted by molar-refractivity contribution is 5.90. The highest BCUT2D eigenvalue weighted by atomic mass is 16.2. The molecule has 3 N–H and O–H groups in total. The summed E-state index contributed by atoms with van der Waals surface area (Å²) in [5, 5.41) is 2.98. The topological polar surface area (TPSA) is 75.4 Å². The Kier molecular flexibility index (Phi) is 7.22. The van der Waals surface area contributed by atoms with Crippen LogP contribution in [0.4, 0.5) is 0 Å². The Morgan fingerprint density at radius 3 is 2.27 bits per heavy atom. The molecule has 1 aromatic rings. The molecule has 1 aromatic carbocycles. The predicted octanol–water partition coefficient (Wildman–Crippen LogP) is 3.54. The summed E-state index contributed by atoms with van der Waals surface area (Å²) < 4.78 is 0. The molecule has 5 unspecified atom stereocenters. The van der Waals surface area contributed by atoms with Crippen LogP contribution in [0.1, 0.15) is 65.4 Å². The summed E-state index contributed by atoms with van der Waals surface area (Å²) in [5.41, 5.74) is 7.39. The highest BCUT2D eigenvalue weighted by Gasteiger charge is 2.51. The molecule has 2 bridgehead atoms. The van der Waals surface area contributed by atoms with Gasteiger partial charge in [0.25, 0.3) is 0 Å². The predicted molar refractivity (Wildman–Crippen MR) is 121 cm³/mol. The SMILES string of the molecule is CCN(C(=O)[C@H](NC(=O)C(N)C(C)C)C(C)C)C1C2CCC(C2)C1c1ccccc1. The van der Waals surface area contributed by atoms with Crippen LogP contribution < -0.4 is 11.1 Å². The molecule has 0 saturated heterocycles. The zero-order valence-electron chi connectivity index (χ0n) is 19.2. The minimum Gasteiger partial charge on any atom is -0.343 e. The molecule has 2 saturated carbocycles. The van der Waals surface area contributed by atoms with Crippen molar-refractivity contribution in [2.24, 2.45) is 29.4 Å². The maximum atomic E-state index is 13.8. The lowest BCUT2D eigenvalue weighted by Crippen LogP contribution is -2.58. The van der Waals surface area contributed by atoms with Gasteiger partial charge in [0, 0.05) is 18.5 Å². The van der Waals surface area contributed by atoms with Crippen molar-refractivity contribution in [3.63, 3.8) is 0 Å². The second-order valence-corrected chi connectivity index (χ2v) is 9.88. The molecule has 30 heavy (non-hydrogen) atoms. The number of rotatable bonds is 8. The van der Waals surface area contributed by atoms with Gasteiger partial charge in [0.05, 0.1) is 6.04 Å². The molecule has 0 aromatic heterocycles. The van der Waals surface area contributed by atoms with Crippen LogP contribution in [-0.2, 0) is 9.59 Å². The van der Waals surface area contributed by atoms with Crippen LogP contribution in [0, 0.1) is 23.7 Å². The van der Waals surface area contributed by atoms with Gasteiger partial charge in [-0.05, 0) is 55.4 Å². The van der Waals surface area contributed by atoms with Gasteiger partial charge in [0.2, 0.25) is 11.8 Å². The van der Waals surface area contributed by atoms with Gasteiger partial charge in [-0.1, -0.05) is 58.0 Å².